The quantitative estimate of drug-likeness (QED) is 0.813. The third-order valence-corrected chi connectivity index (χ3v) is 3.05. The first-order chi connectivity index (χ1) is 7.84. The van der Waals surface area contributed by atoms with Crippen molar-refractivity contribution in [3.05, 3.63) is 22.7 Å². The molecule has 5 heteroatoms. The number of ether oxygens (including phenoxy) is 3. The zero-order valence-corrected chi connectivity index (χ0v) is 9.42. The van der Waals surface area contributed by atoms with Crippen molar-refractivity contribution in [3.8, 4) is 11.5 Å². The average molecular weight is 242 g/mol. The van der Waals surface area contributed by atoms with Crippen LogP contribution in [0.2, 0.25) is 5.02 Å². The second-order valence-electron chi connectivity index (χ2n) is 3.82. The highest BCUT2D eigenvalue weighted by Crippen LogP contribution is 2.41. The molecule has 1 atom stereocenters. The average Bonchev–Trinajstić information content (AvgIpc) is 2.79. The van der Waals surface area contributed by atoms with Crippen molar-refractivity contribution in [2.75, 3.05) is 26.6 Å². The Morgan fingerprint density at radius 2 is 2.25 bits per heavy atom. The largest absolute Gasteiger partial charge is 0.454 e. The normalized spacial score (nSPS) is 23.4. The Morgan fingerprint density at radius 3 is 3.06 bits per heavy atom. The molecule has 1 unspecified atom stereocenters. The molecule has 0 aromatic heterocycles. The van der Waals surface area contributed by atoms with Crippen molar-refractivity contribution < 1.29 is 14.2 Å². The molecule has 0 radical (unpaired) electrons. The van der Waals surface area contributed by atoms with Crippen molar-refractivity contribution in [3.63, 3.8) is 0 Å². The van der Waals surface area contributed by atoms with E-state index in [9.17, 15) is 0 Å². The number of halogens is 1. The van der Waals surface area contributed by atoms with E-state index in [4.69, 9.17) is 25.8 Å². The summed E-state index contributed by atoms with van der Waals surface area (Å²) in [6.07, 6.45) is 0. The number of nitrogens with one attached hydrogen (secondary N) is 1. The van der Waals surface area contributed by atoms with Crippen molar-refractivity contribution in [1.29, 1.82) is 0 Å². The van der Waals surface area contributed by atoms with Gasteiger partial charge in [0.15, 0.2) is 11.5 Å². The fourth-order valence-electron chi connectivity index (χ4n) is 1.97. The molecular weight excluding hydrogens is 230 g/mol. The first-order valence-electron chi connectivity index (χ1n) is 5.25. The number of morpholine rings is 1. The molecule has 0 aliphatic carbocycles. The van der Waals surface area contributed by atoms with Gasteiger partial charge in [-0.2, -0.15) is 0 Å². The van der Waals surface area contributed by atoms with Crippen molar-refractivity contribution >= 4 is 11.6 Å². The van der Waals surface area contributed by atoms with Crippen LogP contribution in [-0.4, -0.2) is 26.6 Å². The van der Waals surface area contributed by atoms with E-state index < -0.39 is 0 Å². The molecule has 1 aromatic carbocycles. The van der Waals surface area contributed by atoms with Crippen LogP contribution in [0.4, 0.5) is 0 Å². The first kappa shape index (κ1) is 10.2. The molecule has 0 spiro atoms. The van der Waals surface area contributed by atoms with Gasteiger partial charge < -0.3 is 19.5 Å². The molecule has 86 valence electrons. The van der Waals surface area contributed by atoms with E-state index >= 15 is 0 Å². The van der Waals surface area contributed by atoms with Crippen LogP contribution in [0.15, 0.2) is 12.1 Å². The van der Waals surface area contributed by atoms with Gasteiger partial charge in [0.2, 0.25) is 6.79 Å². The topological polar surface area (TPSA) is 39.7 Å². The van der Waals surface area contributed by atoms with Crippen LogP contribution >= 0.6 is 11.6 Å². The van der Waals surface area contributed by atoms with Gasteiger partial charge in [0.05, 0.1) is 24.3 Å². The molecule has 1 saturated heterocycles. The number of fused-ring (bicyclic) bond motifs is 1. The Balaban J connectivity index is 1.92. The lowest BCUT2D eigenvalue weighted by Crippen LogP contribution is -2.34. The monoisotopic (exact) mass is 241 g/mol. The van der Waals surface area contributed by atoms with Crippen LogP contribution in [-0.2, 0) is 4.74 Å². The fraction of sp³-hybridized carbons (Fsp3) is 0.455. The van der Waals surface area contributed by atoms with Crippen LogP contribution in [0.5, 0.6) is 11.5 Å². The molecule has 3 rings (SSSR count). The molecule has 16 heavy (non-hydrogen) atoms. The number of hydrogen-bond donors (Lipinski definition) is 1. The predicted octanol–water partition coefficient (Wildman–Crippen LogP) is 1.73. The lowest BCUT2D eigenvalue weighted by atomic mass is 10.1. The summed E-state index contributed by atoms with van der Waals surface area (Å²) in [5.74, 6) is 1.36. The summed E-state index contributed by atoms with van der Waals surface area (Å²) in [6.45, 7) is 2.52. The summed E-state index contributed by atoms with van der Waals surface area (Å²) in [6, 6.07) is 4.04. The maximum atomic E-state index is 6.12. The Hall–Kier alpha value is -0.970. The van der Waals surface area contributed by atoms with Gasteiger partial charge in [-0.25, -0.2) is 0 Å². The van der Waals surface area contributed by atoms with E-state index in [1.165, 1.54) is 0 Å². The maximum absolute atomic E-state index is 6.12. The highest BCUT2D eigenvalue weighted by Gasteiger charge is 2.22. The summed E-state index contributed by atoms with van der Waals surface area (Å²) < 4.78 is 16.0. The van der Waals surface area contributed by atoms with E-state index in [0.717, 1.165) is 24.5 Å². The van der Waals surface area contributed by atoms with E-state index in [2.05, 4.69) is 5.32 Å². The summed E-state index contributed by atoms with van der Waals surface area (Å²) >= 11 is 6.12. The molecule has 0 bridgehead atoms. The Morgan fingerprint density at radius 1 is 1.31 bits per heavy atom. The molecule has 1 N–H and O–H groups in total. The smallest absolute Gasteiger partial charge is 0.231 e. The minimum absolute atomic E-state index is 0.181. The summed E-state index contributed by atoms with van der Waals surface area (Å²) in [7, 11) is 0. The van der Waals surface area contributed by atoms with Gasteiger partial charge in [-0.3, -0.25) is 0 Å². The summed E-state index contributed by atoms with van der Waals surface area (Å²) in [5, 5.41) is 3.97. The Kier molecular flexibility index (Phi) is 2.63. The first-order valence-corrected chi connectivity index (χ1v) is 5.62. The second kappa shape index (κ2) is 4.13. The molecule has 2 aliphatic heterocycles. The highest BCUT2D eigenvalue weighted by atomic mass is 35.5. The third kappa shape index (κ3) is 1.73. The molecule has 0 amide bonds. The molecule has 4 nitrogen and oxygen atoms in total. The van der Waals surface area contributed by atoms with Gasteiger partial charge in [-0.1, -0.05) is 11.6 Å². The molecule has 1 aromatic rings. The molecular formula is C11H12ClNO3. The van der Waals surface area contributed by atoms with E-state index in [1.807, 2.05) is 12.1 Å². The minimum Gasteiger partial charge on any atom is -0.454 e. The highest BCUT2D eigenvalue weighted by molar-refractivity contribution is 6.32. The van der Waals surface area contributed by atoms with E-state index in [1.54, 1.807) is 0 Å². The van der Waals surface area contributed by atoms with E-state index in [-0.39, 0.29) is 12.8 Å². The van der Waals surface area contributed by atoms with Crippen LogP contribution in [0.25, 0.3) is 0 Å². The van der Waals surface area contributed by atoms with Crippen LogP contribution in [0, 0.1) is 0 Å². The Labute approximate surface area is 98.4 Å². The van der Waals surface area contributed by atoms with Crippen molar-refractivity contribution in [2.45, 2.75) is 6.04 Å². The molecule has 0 saturated carbocycles. The van der Waals surface area contributed by atoms with Gasteiger partial charge in [-0.15, -0.1) is 0 Å². The predicted molar refractivity (Wildman–Crippen MR) is 59.1 cm³/mol. The van der Waals surface area contributed by atoms with Crippen LogP contribution in [0.3, 0.4) is 0 Å². The number of rotatable bonds is 1. The second-order valence-corrected chi connectivity index (χ2v) is 4.23. The fourth-order valence-corrected chi connectivity index (χ4v) is 2.24. The third-order valence-electron chi connectivity index (χ3n) is 2.77. The summed E-state index contributed by atoms with van der Waals surface area (Å²) in [5.41, 5.74) is 1.08. The van der Waals surface area contributed by atoms with Gasteiger partial charge >= 0.3 is 0 Å². The molecule has 1 fully saturated rings. The standard InChI is InChI=1S/C11H12ClNO3/c12-8-3-7(9-5-14-2-1-13-9)4-10-11(8)16-6-15-10/h3-4,9,13H,1-2,5-6H2. The van der Waals surface area contributed by atoms with Crippen LogP contribution < -0.4 is 14.8 Å². The number of benzene rings is 1. The SMILES string of the molecule is Clc1cc(C2COCCN2)cc2c1OCO2. The molecule has 2 heterocycles. The lowest BCUT2D eigenvalue weighted by Gasteiger charge is -2.24. The number of hydrogen-bond acceptors (Lipinski definition) is 4. The van der Waals surface area contributed by atoms with Gasteiger partial charge in [0.25, 0.3) is 0 Å². The van der Waals surface area contributed by atoms with Gasteiger partial charge in [-0.05, 0) is 17.7 Å². The Bertz CT molecular complexity index is 404. The molecule has 2 aliphatic rings. The zero-order chi connectivity index (χ0) is 11.0. The van der Waals surface area contributed by atoms with Gasteiger partial charge in [0, 0.05) is 6.54 Å². The van der Waals surface area contributed by atoms with Crippen LogP contribution in [0.1, 0.15) is 11.6 Å². The lowest BCUT2D eigenvalue weighted by molar-refractivity contribution is 0.0768. The minimum atomic E-state index is 0.181. The maximum Gasteiger partial charge on any atom is 0.231 e. The van der Waals surface area contributed by atoms with E-state index in [0.29, 0.717) is 17.4 Å². The summed E-state index contributed by atoms with van der Waals surface area (Å²) in [4.78, 5) is 0. The zero-order valence-electron chi connectivity index (χ0n) is 8.66. The van der Waals surface area contributed by atoms with Crippen molar-refractivity contribution in [2.24, 2.45) is 0 Å². The van der Waals surface area contributed by atoms with Gasteiger partial charge in [0.1, 0.15) is 0 Å². The van der Waals surface area contributed by atoms with Crippen molar-refractivity contribution in [1.82, 2.24) is 5.32 Å².